The lowest BCUT2D eigenvalue weighted by Crippen LogP contribution is -2.24. The molecule has 1 N–H and O–H groups in total. The molecule has 0 saturated carbocycles. The van der Waals surface area contributed by atoms with Gasteiger partial charge in [-0.3, -0.25) is 0 Å². The van der Waals surface area contributed by atoms with Crippen LogP contribution < -0.4 is 4.74 Å². The molecule has 0 aliphatic heterocycles. The second-order valence-corrected chi connectivity index (χ2v) is 4.88. The molecule has 1 atom stereocenters. The Labute approximate surface area is 116 Å². The van der Waals surface area contributed by atoms with Gasteiger partial charge in [0, 0.05) is 5.56 Å². The summed E-state index contributed by atoms with van der Waals surface area (Å²) in [6, 6.07) is 8.31. The quantitative estimate of drug-likeness (QED) is 0.930. The first-order valence-corrected chi connectivity index (χ1v) is 6.19. The van der Waals surface area contributed by atoms with Crippen LogP contribution in [0.4, 0.5) is 8.78 Å². The standard InChI is InChI=1S/C16H16F2O2/c1-10-4-5-11(8-14(10)18)16(2,19)13-9-12(17)6-7-15(13)20-3/h4-9,19H,1-3H3. The molecule has 2 aromatic carbocycles. The summed E-state index contributed by atoms with van der Waals surface area (Å²) < 4.78 is 32.2. The second-order valence-electron chi connectivity index (χ2n) is 4.88. The fourth-order valence-corrected chi connectivity index (χ4v) is 2.11. The first kappa shape index (κ1) is 14.5. The molecule has 0 amide bonds. The molecular weight excluding hydrogens is 262 g/mol. The van der Waals surface area contributed by atoms with Gasteiger partial charge in [-0.1, -0.05) is 12.1 Å². The van der Waals surface area contributed by atoms with Crippen LogP contribution in [0.2, 0.25) is 0 Å². The van der Waals surface area contributed by atoms with Gasteiger partial charge in [-0.05, 0) is 49.2 Å². The molecule has 0 radical (unpaired) electrons. The second kappa shape index (κ2) is 5.21. The predicted octanol–water partition coefficient (Wildman–Crippen LogP) is 3.54. The maximum atomic E-state index is 13.7. The molecule has 0 saturated heterocycles. The SMILES string of the molecule is COc1ccc(F)cc1C(C)(O)c1ccc(C)c(F)c1. The summed E-state index contributed by atoms with van der Waals surface area (Å²) in [5.41, 5.74) is -0.481. The zero-order chi connectivity index (χ0) is 14.9. The van der Waals surface area contributed by atoms with Crippen LogP contribution in [0, 0.1) is 18.6 Å². The number of aryl methyl sites for hydroxylation is 1. The van der Waals surface area contributed by atoms with Gasteiger partial charge in [-0.25, -0.2) is 8.78 Å². The molecule has 20 heavy (non-hydrogen) atoms. The van der Waals surface area contributed by atoms with E-state index in [0.717, 1.165) is 0 Å². The highest BCUT2D eigenvalue weighted by molar-refractivity contribution is 5.45. The maximum absolute atomic E-state index is 13.7. The Balaban J connectivity index is 2.59. The van der Waals surface area contributed by atoms with E-state index in [4.69, 9.17) is 4.74 Å². The lowest BCUT2D eigenvalue weighted by Gasteiger charge is -2.26. The van der Waals surface area contributed by atoms with Crippen molar-refractivity contribution in [2.75, 3.05) is 7.11 Å². The van der Waals surface area contributed by atoms with Gasteiger partial charge in [0.05, 0.1) is 7.11 Å². The molecule has 106 valence electrons. The maximum Gasteiger partial charge on any atom is 0.126 e. The van der Waals surface area contributed by atoms with E-state index < -0.39 is 17.2 Å². The number of hydrogen-bond acceptors (Lipinski definition) is 2. The van der Waals surface area contributed by atoms with Crippen LogP contribution in [0.5, 0.6) is 5.75 Å². The lowest BCUT2D eigenvalue weighted by atomic mass is 9.87. The largest absolute Gasteiger partial charge is 0.496 e. The minimum absolute atomic E-state index is 0.253. The molecule has 2 rings (SSSR count). The number of hydrogen-bond donors (Lipinski definition) is 1. The fourth-order valence-electron chi connectivity index (χ4n) is 2.11. The van der Waals surface area contributed by atoms with Crippen molar-refractivity contribution in [1.29, 1.82) is 0 Å². The van der Waals surface area contributed by atoms with Gasteiger partial charge in [0.1, 0.15) is 23.0 Å². The summed E-state index contributed by atoms with van der Waals surface area (Å²) in [5.74, 6) is -0.566. The van der Waals surface area contributed by atoms with Crippen molar-refractivity contribution in [1.82, 2.24) is 0 Å². The molecule has 0 spiro atoms. The van der Waals surface area contributed by atoms with E-state index >= 15 is 0 Å². The summed E-state index contributed by atoms with van der Waals surface area (Å²) in [6.07, 6.45) is 0. The van der Waals surface area contributed by atoms with Crippen molar-refractivity contribution in [3.63, 3.8) is 0 Å². The van der Waals surface area contributed by atoms with Crippen molar-refractivity contribution in [2.24, 2.45) is 0 Å². The number of rotatable bonds is 3. The summed E-state index contributed by atoms with van der Waals surface area (Å²) in [6.45, 7) is 3.12. The molecule has 0 aromatic heterocycles. The van der Waals surface area contributed by atoms with Crippen molar-refractivity contribution in [2.45, 2.75) is 19.4 Å². The first-order valence-electron chi connectivity index (χ1n) is 6.19. The highest BCUT2D eigenvalue weighted by Gasteiger charge is 2.30. The highest BCUT2D eigenvalue weighted by Crippen LogP contribution is 2.36. The average Bonchev–Trinajstić information content (AvgIpc) is 2.41. The van der Waals surface area contributed by atoms with Crippen molar-refractivity contribution in [3.05, 3.63) is 64.7 Å². The molecule has 0 aliphatic rings. The van der Waals surface area contributed by atoms with Crippen LogP contribution in [0.1, 0.15) is 23.6 Å². The highest BCUT2D eigenvalue weighted by atomic mass is 19.1. The van der Waals surface area contributed by atoms with Gasteiger partial charge >= 0.3 is 0 Å². The Morgan fingerprint density at radius 3 is 2.40 bits per heavy atom. The van der Waals surface area contributed by atoms with Crippen LogP contribution >= 0.6 is 0 Å². The van der Waals surface area contributed by atoms with E-state index in [1.807, 2.05) is 0 Å². The van der Waals surface area contributed by atoms with Crippen molar-refractivity contribution in [3.8, 4) is 5.75 Å². The third-order valence-electron chi connectivity index (χ3n) is 3.42. The molecule has 4 heteroatoms. The third-order valence-corrected chi connectivity index (χ3v) is 3.42. The molecule has 2 aromatic rings. The molecule has 0 bridgehead atoms. The molecule has 0 heterocycles. The summed E-state index contributed by atoms with van der Waals surface area (Å²) >= 11 is 0. The first-order chi connectivity index (χ1) is 9.36. The van der Waals surface area contributed by atoms with Gasteiger partial charge in [-0.15, -0.1) is 0 Å². The Bertz CT molecular complexity index is 636. The van der Waals surface area contributed by atoms with Gasteiger partial charge in [-0.2, -0.15) is 0 Å². The zero-order valence-electron chi connectivity index (χ0n) is 11.6. The van der Waals surface area contributed by atoms with E-state index in [1.165, 1.54) is 38.3 Å². The molecule has 0 fully saturated rings. The topological polar surface area (TPSA) is 29.5 Å². The summed E-state index contributed by atoms with van der Waals surface area (Å²) in [7, 11) is 1.43. The van der Waals surface area contributed by atoms with E-state index in [9.17, 15) is 13.9 Å². The Morgan fingerprint density at radius 1 is 1.10 bits per heavy atom. The van der Waals surface area contributed by atoms with Gasteiger partial charge < -0.3 is 9.84 Å². The molecular formula is C16H16F2O2. The smallest absolute Gasteiger partial charge is 0.126 e. The third kappa shape index (κ3) is 2.51. The van der Waals surface area contributed by atoms with Crippen LogP contribution in [-0.4, -0.2) is 12.2 Å². The zero-order valence-corrected chi connectivity index (χ0v) is 11.6. The van der Waals surface area contributed by atoms with Crippen molar-refractivity contribution < 1.29 is 18.6 Å². The van der Waals surface area contributed by atoms with Crippen LogP contribution in [0.3, 0.4) is 0 Å². The molecule has 2 nitrogen and oxygen atoms in total. The Hall–Kier alpha value is -1.94. The van der Waals surface area contributed by atoms with E-state index in [1.54, 1.807) is 19.1 Å². The number of aliphatic hydroxyl groups is 1. The van der Waals surface area contributed by atoms with Gasteiger partial charge in [0.2, 0.25) is 0 Å². The minimum atomic E-state index is -1.55. The van der Waals surface area contributed by atoms with Crippen LogP contribution in [0.15, 0.2) is 36.4 Å². The number of ether oxygens (including phenoxy) is 1. The fraction of sp³-hybridized carbons (Fsp3) is 0.250. The predicted molar refractivity (Wildman–Crippen MR) is 72.8 cm³/mol. The van der Waals surface area contributed by atoms with Crippen LogP contribution in [-0.2, 0) is 5.60 Å². The van der Waals surface area contributed by atoms with E-state index in [-0.39, 0.29) is 5.56 Å². The van der Waals surface area contributed by atoms with Gasteiger partial charge in [0.15, 0.2) is 0 Å². The summed E-state index contributed by atoms with van der Waals surface area (Å²) in [5, 5.41) is 10.7. The van der Waals surface area contributed by atoms with Crippen LogP contribution in [0.25, 0.3) is 0 Å². The van der Waals surface area contributed by atoms with E-state index in [0.29, 0.717) is 16.9 Å². The number of benzene rings is 2. The normalized spacial score (nSPS) is 13.9. The Kier molecular flexibility index (Phi) is 3.77. The molecule has 0 aliphatic carbocycles. The van der Waals surface area contributed by atoms with E-state index in [2.05, 4.69) is 0 Å². The minimum Gasteiger partial charge on any atom is -0.496 e. The number of methoxy groups -OCH3 is 1. The average molecular weight is 278 g/mol. The van der Waals surface area contributed by atoms with Gasteiger partial charge in [0.25, 0.3) is 0 Å². The number of halogens is 2. The Morgan fingerprint density at radius 2 is 1.80 bits per heavy atom. The lowest BCUT2D eigenvalue weighted by molar-refractivity contribution is 0.0981. The van der Waals surface area contributed by atoms with Crippen molar-refractivity contribution >= 4 is 0 Å². The molecule has 1 unspecified atom stereocenters. The monoisotopic (exact) mass is 278 g/mol. The summed E-state index contributed by atoms with van der Waals surface area (Å²) in [4.78, 5) is 0.